The number of aliphatic hydroxyl groups excluding tert-OH is 1. The number of nitrogens with one attached hydrogen (secondary N) is 2. The molecule has 0 unspecified atom stereocenters. The lowest BCUT2D eigenvalue weighted by molar-refractivity contribution is 0.190. The van der Waals surface area contributed by atoms with E-state index < -0.39 is 0 Å². The summed E-state index contributed by atoms with van der Waals surface area (Å²) >= 11 is 0. The van der Waals surface area contributed by atoms with E-state index in [2.05, 4.69) is 74.6 Å². The molecule has 1 aliphatic heterocycles. The second-order valence-corrected chi connectivity index (χ2v) is 9.63. The van der Waals surface area contributed by atoms with Crippen molar-refractivity contribution in [2.45, 2.75) is 57.8 Å². The molecule has 36 heavy (non-hydrogen) atoms. The van der Waals surface area contributed by atoms with Crippen molar-refractivity contribution in [2.24, 2.45) is 0 Å². The molecule has 8 heteroatoms. The lowest BCUT2D eigenvalue weighted by atomic mass is 10.1. The summed E-state index contributed by atoms with van der Waals surface area (Å²) in [6.07, 6.45) is 3.67. The molecular weight excluding hydrogens is 452 g/mol. The summed E-state index contributed by atoms with van der Waals surface area (Å²) < 4.78 is 7.78. The lowest BCUT2D eigenvalue weighted by Gasteiger charge is -2.19. The van der Waals surface area contributed by atoms with Gasteiger partial charge < -0.3 is 30.8 Å². The number of hydrogen-bond acceptors (Lipinski definition) is 7. The highest BCUT2D eigenvalue weighted by molar-refractivity contribution is 6.09. The lowest BCUT2D eigenvalue weighted by Crippen LogP contribution is -2.28. The van der Waals surface area contributed by atoms with Crippen molar-refractivity contribution in [1.29, 1.82) is 0 Å². The second-order valence-electron chi connectivity index (χ2n) is 9.63. The molecular formula is C28H36N6O2. The molecule has 0 bridgehead atoms. The van der Waals surface area contributed by atoms with E-state index in [9.17, 15) is 5.11 Å². The van der Waals surface area contributed by atoms with Gasteiger partial charge in [-0.05, 0) is 36.5 Å². The van der Waals surface area contributed by atoms with Crippen LogP contribution in [0.4, 0.5) is 11.8 Å². The molecule has 8 nitrogen and oxygen atoms in total. The number of nitrogens with two attached hydrogens (primary N) is 1. The van der Waals surface area contributed by atoms with Gasteiger partial charge in [-0.1, -0.05) is 55.8 Å². The van der Waals surface area contributed by atoms with Crippen molar-refractivity contribution < 1.29 is 9.84 Å². The molecule has 0 aliphatic carbocycles. The van der Waals surface area contributed by atoms with E-state index in [-0.39, 0.29) is 18.6 Å². The van der Waals surface area contributed by atoms with Crippen molar-refractivity contribution in [3.05, 3.63) is 59.7 Å². The molecule has 4 aromatic rings. The van der Waals surface area contributed by atoms with E-state index in [0.717, 1.165) is 66.8 Å². The predicted molar refractivity (Wildman–Crippen MR) is 145 cm³/mol. The van der Waals surface area contributed by atoms with E-state index in [0.29, 0.717) is 19.0 Å². The average Bonchev–Trinajstić information content (AvgIpc) is 3.50. The fraction of sp³-hybridized carbons (Fsp3) is 0.429. The molecule has 1 saturated heterocycles. The van der Waals surface area contributed by atoms with Gasteiger partial charge in [0.1, 0.15) is 11.0 Å². The minimum Gasteiger partial charge on any atom is -0.396 e. The number of aromatic nitrogens is 3. The quantitative estimate of drug-likeness (QED) is 0.252. The summed E-state index contributed by atoms with van der Waals surface area (Å²) in [6.45, 7) is 5.40. The third-order valence-corrected chi connectivity index (χ3v) is 6.93. The first-order valence-electron chi connectivity index (χ1n) is 13.0. The summed E-state index contributed by atoms with van der Waals surface area (Å²) in [5.41, 5.74) is 11.5. The van der Waals surface area contributed by atoms with Crippen LogP contribution in [0.3, 0.4) is 0 Å². The highest BCUT2D eigenvalue weighted by atomic mass is 16.5. The van der Waals surface area contributed by atoms with Crippen molar-refractivity contribution >= 4 is 33.7 Å². The first-order chi connectivity index (χ1) is 17.7. The van der Waals surface area contributed by atoms with Crippen LogP contribution in [-0.4, -0.2) is 51.5 Å². The fourth-order valence-corrected chi connectivity index (χ4v) is 5.17. The Hall–Kier alpha value is -3.20. The van der Waals surface area contributed by atoms with Crippen molar-refractivity contribution in [2.75, 3.05) is 30.9 Å². The van der Waals surface area contributed by atoms with Gasteiger partial charge in [0.05, 0.1) is 12.1 Å². The zero-order chi connectivity index (χ0) is 24.9. The number of aliphatic hydroxyl groups is 1. The molecule has 0 spiro atoms. The maximum atomic E-state index is 9.60. The van der Waals surface area contributed by atoms with Crippen LogP contribution in [0, 0.1) is 0 Å². The molecule has 0 radical (unpaired) electrons. The summed E-state index contributed by atoms with van der Waals surface area (Å²) in [7, 11) is 0. The van der Waals surface area contributed by atoms with Crippen LogP contribution in [-0.2, 0) is 17.8 Å². The summed E-state index contributed by atoms with van der Waals surface area (Å²) in [4.78, 5) is 9.28. The van der Waals surface area contributed by atoms with Crippen LogP contribution >= 0.6 is 0 Å². The van der Waals surface area contributed by atoms with Crippen LogP contribution in [0.25, 0.3) is 21.9 Å². The van der Waals surface area contributed by atoms with E-state index in [1.54, 1.807) is 0 Å². The average molecular weight is 489 g/mol. The van der Waals surface area contributed by atoms with Gasteiger partial charge in [0.25, 0.3) is 0 Å². The van der Waals surface area contributed by atoms with Gasteiger partial charge >= 0.3 is 0 Å². The molecule has 3 heterocycles. The molecule has 1 fully saturated rings. The second kappa shape index (κ2) is 11.2. The SMILES string of the molecule is CCC[C@@H](CCO)Nc1nc(N)nc2c3ccccc3n(Cc3cccc(CN[C@@H]4CCOC4)c3)c12. The number of benzene rings is 2. The number of nitrogens with zero attached hydrogens (tertiary/aromatic N) is 3. The first kappa shape index (κ1) is 24.5. The molecule has 0 saturated carbocycles. The minimum absolute atomic E-state index is 0.109. The van der Waals surface area contributed by atoms with E-state index in [4.69, 9.17) is 10.5 Å². The number of rotatable bonds is 11. The molecule has 5 rings (SSSR count). The van der Waals surface area contributed by atoms with Gasteiger partial charge in [-0.3, -0.25) is 0 Å². The number of para-hydroxylation sites is 1. The standard InChI is InChI=1S/C28H36N6O2/c1-2-6-21(11-13-35)31-27-26-25(32-28(29)33-27)23-9-3-4-10-24(23)34(26)17-20-8-5-7-19(15-20)16-30-22-12-14-36-18-22/h3-5,7-10,15,21-22,30,35H,2,6,11-14,16-18H2,1H3,(H3,29,31,32,33)/t21-,22+/m0/s1. The van der Waals surface area contributed by atoms with Gasteiger partial charge in [-0.15, -0.1) is 0 Å². The number of nitrogen functional groups attached to an aromatic ring is 1. The van der Waals surface area contributed by atoms with Crippen molar-refractivity contribution in [3.8, 4) is 0 Å². The van der Waals surface area contributed by atoms with Crippen LogP contribution in [0.1, 0.15) is 43.7 Å². The number of anilines is 2. The molecule has 0 amide bonds. The van der Waals surface area contributed by atoms with Gasteiger partial charge in [0.15, 0.2) is 5.82 Å². The number of ether oxygens (including phenoxy) is 1. The summed E-state index contributed by atoms with van der Waals surface area (Å²) in [6, 6.07) is 17.6. The summed E-state index contributed by atoms with van der Waals surface area (Å²) in [5, 5.41) is 17.8. The molecule has 1 aliphatic rings. The van der Waals surface area contributed by atoms with Gasteiger partial charge in [-0.25, -0.2) is 4.98 Å². The highest BCUT2D eigenvalue weighted by Crippen LogP contribution is 2.33. The topological polar surface area (TPSA) is 110 Å². The Morgan fingerprint density at radius 1 is 1.14 bits per heavy atom. The zero-order valence-corrected chi connectivity index (χ0v) is 20.9. The van der Waals surface area contributed by atoms with Crippen LogP contribution < -0.4 is 16.4 Å². The normalized spacial score (nSPS) is 16.7. The van der Waals surface area contributed by atoms with Crippen LogP contribution in [0.5, 0.6) is 0 Å². The molecule has 2 atom stereocenters. The largest absolute Gasteiger partial charge is 0.396 e. The Morgan fingerprint density at radius 3 is 2.81 bits per heavy atom. The molecule has 2 aromatic heterocycles. The monoisotopic (exact) mass is 488 g/mol. The fourth-order valence-electron chi connectivity index (χ4n) is 5.17. The Labute approximate surface area is 211 Å². The van der Waals surface area contributed by atoms with Crippen molar-refractivity contribution in [3.63, 3.8) is 0 Å². The van der Waals surface area contributed by atoms with E-state index in [1.165, 1.54) is 11.1 Å². The molecule has 190 valence electrons. The minimum atomic E-state index is 0.109. The molecule has 5 N–H and O–H groups in total. The predicted octanol–water partition coefficient (Wildman–Crippen LogP) is 4.06. The third kappa shape index (κ3) is 5.31. The Morgan fingerprint density at radius 2 is 2.00 bits per heavy atom. The Bertz CT molecular complexity index is 1310. The maximum absolute atomic E-state index is 9.60. The number of fused-ring (bicyclic) bond motifs is 3. The van der Waals surface area contributed by atoms with Crippen LogP contribution in [0.15, 0.2) is 48.5 Å². The zero-order valence-electron chi connectivity index (χ0n) is 20.9. The van der Waals surface area contributed by atoms with Crippen LogP contribution in [0.2, 0.25) is 0 Å². The Balaban J connectivity index is 1.52. The van der Waals surface area contributed by atoms with E-state index >= 15 is 0 Å². The van der Waals surface area contributed by atoms with Gasteiger partial charge in [0.2, 0.25) is 5.95 Å². The van der Waals surface area contributed by atoms with Gasteiger partial charge in [-0.2, -0.15) is 4.98 Å². The van der Waals surface area contributed by atoms with E-state index in [1.807, 2.05) is 6.07 Å². The third-order valence-electron chi connectivity index (χ3n) is 6.93. The Kier molecular flexibility index (Phi) is 7.65. The number of hydrogen-bond donors (Lipinski definition) is 4. The highest BCUT2D eigenvalue weighted by Gasteiger charge is 2.20. The smallest absolute Gasteiger partial charge is 0.222 e. The molecule has 2 aromatic carbocycles. The maximum Gasteiger partial charge on any atom is 0.222 e. The van der Waals surface area contributed by atoms with Crippen molar-refractivity contribution in [1.82, 2.24) is 19.9 Å². The van der Waals surface area contributed by atoms with Gasteiger partial charge in [0, 0.05) is 43.8 Å². The first-order valence-corrected chi connectivity index (χ1v) is 13.0. The summed E-state index contributed by atoms with van der Waals surface area (Å²) in [5.74, 6) is 0.968.